The molecule has 2 aromatic carbocycles. The number of nitrogens with zero attached hydrogens (tertiary/aromatic N) is 2. The monoisotopic (exact) mass is 435 g/mol. The minimum absolute atomic E-state index is 0.0716. The van der Waals surface area contributed by atoms with E-state index in [0.29, 0.717) is 25.4 Å². The van der Waals surface area contributed by atoms with E-state index < -0.39 is 0 Å². The van der Waals surface area contributed by atoms with Crippen molar-refractivity contribution in [2.45, 2.75) is 45.1 Å². The summed E-state index contributed by atoms with van der Waals surface area (Å²) in [5.74, 6) is 1.05. The maximum Gasteiger partial charge on any atom is 0.227 e. The molecule has 0 bridgehead atoms. The summed E-state index contributed by atoms with van der Waals surface area (Å²) in [6, 6.07) is 17.1. The number of nitrogens with one attached hydrogen (secondary N) is 1. The van der Waals surface area contributed by atoms with Crippen LogP contribution in [0.15, 0.2) is 48.5 Å². The summed E-state index contributed by atoms with van der Waals surface area (Å²) in [4.78, 5) is 26.4. The predicted molar refractivity (Wildman–Crippen MR) is 122 cm³/mol. The smallest absolute Gasteiger partial charge is 0.227 e. The van der Waals surface area contributed by atoms with Crippen LogP contribution in [0.4, 0.5) is 5.69 Å². The lowest BCUT2D eigenvalue weighted by atomic mass is 10.0. The number of benzene rings is 2. The summed E-state index contributed by atoms with van der Waals surface area (Å²) in [5.41, 5.74) is 1.60. The normalized spacial score (nSPS) is 13.4. The molecule has 0 saturated heterocycles. The van der Waals surface area contributed by atoms with Crippen LogP contribution >= 0.6 is 0 Å². The third kappa shape index (κ3) is 6.24. The highest BCUT2D eigenvalue weighted by molar-refractivity contribution is 5.95. The summed E-state index contributed by atoms with van der Waals surface area (Å²) < 4.78 is 11.8. The average molecular weight is 436 g/mol. The molecule has 1 N–H and O–H groups in total. The summed E-state index contributed by atoms with van der Waals surface area (Å²) in [7, 11) is 0. The molecule has 0 atom stereocenters. The van der Waals surface area contributed by atoms with Gasteiger partial charge in [-0.25, -0.2) is 0 Å². The van der Waals surface area contributed by atoms with Gasteiger partial charge < -0.3 is 19.7 Å². The lowest BCUT2D eigenvalue weighted by Crippen LogP contribution is -2.34. The van der Waals surface area contributed by atoms with Gasteiger partial charge in [-0.15, -0.1) is 0 Å². The largest absolute Gasteiger partial charge is 0.488 e. The highest BCUT2D eigenvalue weighted by Crippen LogP contribution is 2.41. The van der Waals surface area contributed by atoms with Gasteiger partial charge in [0.1, 0.15) is 12.2 Å². The Bertz CT molecular complexity index is 982. The molecular formula is C25H29N3O4. The number of nitriles is 1. The van der Waals surface area contributed by atoms with Gasteiger partial charge in [-0.05, 0) is 32.0 Å². The van der Waals surface area contributed by atoms with E-state index in [0.717, 1.165) is 23.4 Å². The number of carbonyl (C=O) groups excluding carboxylic acids is 2. The van der Waals surface area contributed by atoms with Crippen LogP contribution < -0.4 is 19.7 Å². The van der Waals surface area contributed by atoms with E-state index in [1.165, 1.54) is 0 Å². The number of hydrogen-bond donors (Lipinski definition) is 1. The van der Waals surface area contributed by atoms with E-state index in [9.17, 15) is 9.59 Å². The second kappa shape index (κ2) is 10.7. The molecule has 2 amide bonds. The Labute approximate surface area is 188 Å². The molecule has 0 fully saturated rings. The van der Waals surface area contributed by atoms with Gasteiger partial charge in [-0.1, -0.05) is 30.3 Å². The molecule has 0 saturated carbocycles. The van der Waals surface area contributed by atoms with Crippen LogP contribution in [0, 0.1) is 11.3 Å². The standard InChI is InChI=1S/C25H29N3O4/c1-25(2)18-19-8-6-11-21(24(19)32-25)31-17-15-27-22(29)12-13-23(30)28(16-7-14-26)20-9-4-3-5-10-20/h3-6,8-11H,7,12-13,15-18H2,1-2H3,(H,27,29). The van der Waals surface area contributed by atoms with Crippen LogP contribution in [0.2, 0.25) is 0 Å². The Morgan fingerprint density at radius 3 is 2.69 bits per heavy atom. The van der Waals surface area contributed by atoms with Crippen LogP contribution in [0.5, 0.6) is 11.5 Å². The highest BCUT2D eigenvalue weighted by atomic mass is 16.5. The quantitative estimate of drug-likeness (QED) is 0.576. The molecule has 0 unspecified atom stereocenters. The Kier molecular flexibility index (Phi) is 7.72. The van der Waals surface area contributed by atoms with E-state index in [4.69, 9.17) is 14.7 Å². The van der Waals surface area contributed by atoms with Crippen molar-refractivity contribution in [1.29, 1.82) is 5.26 Å². The fourth-order valence-corrected chi connectivity index (χ4v) is 3.66. The summed E-state index contributed by atoms with van der Waals surface area (Å²) in [6.45, 7) is 5.01. The molecule has 0 radical (unpaired) electrons. The Balaban J connectivity index is 1.42. The molecule has 1 heterocycles. The zero-order valence-electron chi connectivity index (χ0n) is 18.6. The van der Waals surface area contributed by atoms with Gasteiger partial charge in [-0.3, -0.25) is 9.59 Å². The molecule has 32 heavy (non-hydrogen) atoms. The molecule has 1 aliphatic rings. The molecule has 1 aliphatic heterocycles. The van der Waals surface area contributed by atoms with Gasteiger partial charge in [0.2, 0.25) is 11.8 Å². The zero-order chi connectivity index (χ0) is 23.0. The molecule has 0 aliphatic carbocycles. The summed E-state index contributed by atoms with van der Waals surface area (Å²) in [5, 5.41) is 11.7. The molecule has 7 heteroatoms. The molecule has 0 spiro atoms. The Morgan fingerprint density at radius 2 is 1.94 bits per heavy atom. The van der Waals surface area contributed by atoms with Crippen molar-refractivity contribution in [3.05, 3.63) is 54.1 Å². The van der Waals surface area contributed by atoms with Gasteiger partial charge >= 0.3 is 0 Å². The van der Waals surface area contributed by atoms with Crippen molar-refractivity contribution < 1.29 is 19.1 Å². The van der Waals surface area contributed by atoms with Gasteiger partial charge in [0, 0.05) is 37.1 Å². The topological polar surface area (TPSA) is 91.7 Å². The maximum absolute atomic E-state index is 12.6. The summed E-state index contributed by atoms with van der Waals surface area (Å²) in [6.07, 6.45) is 1.21. The van der Waals surface area contributed by atoms with Crippen molar-refractivity contribution in [3.63, 3.8) is 0 Å². The minimum Gasteiger partial charge on any atom is -0.488 e. The SMILES string of the molecule is CC1(C)Cc2cccc(OCCNC(=O)CCC(=O)N(CCC#N)c3ccccc3)c2O1. The van der Waals surface area contributed by atoms with E-state index in [-0.39, 0.29) is 36.7 Å². The third-order valence-electron chi connectivity index (χ3n) is 5.12. The Hall–Kier alpha value is -3.53. The molecule has 0 aromatic heterocycles. The number of carbonyl (C=O) groups is 2. The first-order valence-electron chi connectivity index (χ1n) is 10.8. The van der Waals surface area contributed by atoms with Crippen molar-refractivity contribution in [3.8, 4) is 17.6 Å². The number of fused-ring (bicyclic) bond motifs is 1. The molecule has 3 rings (SSSR count). The number of amides is 2. The Morgan fingerprint density at radius 1 is 1.16 bits per heavy atom. The van der Waals surface area contributed by atoms with Crippen LogP contribution in [-0.2, 0) is 16.0 Å². The molecular weight excluding hydrogens is 406 g/mol. The summed E-state index contributed by atoms with van der Waals surface area (Å²) >= 11 is 0. The molecule has 7 nitrogen and oxygen atoms in total. The third-order valence-corrected chi connectivity index (χ3v) is 5.12. The zero-order valence-corrected chi connectivity index (χ0v) is 18.6. The van der Waals surface area contributed by atoms with E-state index >= 15 is 0 Å². The number of rotatable bonds is 10. The minimum atomic E-state index is -0.247. The molecule has 168 valence electrons. The van der Waals surface area contributed by atoms with Crippen molar-refractivity contribution in [1.82, 2.24) is 5.32 Å². The second-order valence-corrected chi connectivity index (χ2v) is 8.27. The highest BCUT2D eigenvalue weighted by Gasteiger charge is 2.32. The van der Waals surface area contributed by atoms with Gasteiger partial charge in [0.15, 0.2) is 11.5 Å². The van der Waals surface area contributed by atoms with Crippen molar-refractivity contribution in [2.75, 3.05) is 24.6 Å². The van der Waals surface area contributed by atoms with E-state index in [1.54, 1.807) is 4.90 Å². The first kappa shape index (κ1) is 23.1. The van der Waals surface area contributed by atoms with Gasteiger partial charge in [0.25, 0.3) is 0 Å². The molecule has 2 aromatic rings. The fourth-order valence-electron chi connectivity index (χ4n) is 3.66. The first-order chi connectivity index (χ1) is 15.4. The van der Waals surface area contributed by atoms with E-state index in [2.05, 4.69) is 11.4 Å². The number of anilines is 1. The van der Waals surface area contributed by atoms with Crippen LogP contribution in [-0.4, -0.2) is 37.1 Å². The van der Waals surface area contributed by atoms with Crippen LogP contribution in [0.25, 0.3) is 0 Å². The second-order valence-electron chi connectivity index (χ2n) is 8.27. The average Bonchev–Trinajstić information content (AvgIpc) is 3.11. The van der Waals surface area contributed by atoms with Crippen molar-refractivity contribution in [2.24, 2.45) is 0 Å². The lowest BCUT2D eigenvalue weighted by Gasteiger charge is -2.21. The predicted octanol–water partition coefficient (Wildman–Crippen LogP) is 3.62. The van der Waals surface area contributed by atoms with Gasteiger partial charge in [0.05, 0.1) is 19.0 Å². The number of para-hydroxylation sites is 2. The van der Waals surface area contributed by atoms with Crippen molar-refractivity contribution >= 4 is 17.5 Å². The number of ether oxygens (including phenoxy) is 2. The number of hydrogen-bond acceptors (Lipinski definition) is 5. The maximum atomic E-state index is 12.6. The fraction of sp³-hybridized carbons (Fsp3) is 0.400. The van der Waals surface area contributed by atoms with Crippen LogP contribution in [0.3, 0.4) is 0 Å². The van der Waals surface area contributed by atoms with Gasteiger partial charge in [-0.2, -0.15) is 5.26 Å². The van der Waals surface area contributed by atoms with E-state index in [1.807, 2.05) is 62.4 Å². The van der Waals surface area contributed by atoms with Crippen LogP contribution in [0.1, 0.15) is 38.7 Å². The first-order valence-corrected chi connectivity index (χ1v) is 10.8. The lowest BCUT2D eigenvalue weighted by molar-refractivity contribution is -0.125.